The number of rotatable bonds is 3. The molecule has 0 spiro atoms. The number of aromatic nitrogens is 2. The van der Waals surface area contributed by atoms with Crippen LogP contribution in [0, 0.1) is 5.82 Å². The average molecular weight is 248 g/mol. The number of hydrogen-bond donors (Lipinski definition) is 2. The minimum Gasteiger partial charge on any atom is -0.382 e. The van der Waals surface area contributed by atoms with Crippen LogP contribution in [0.5, 0.6) is 0 Å². The molecular weight excluding hydrogens is 235 g/mol. The molecule has 0 fully saturated rings. The molecule has 6 heteroatoms. The van der Waals surface area contributed by atoms with Gasteiger partial charge in [0.2, 0.25) is 5.91 Å². The van der Waals surface area contributed by atoms with Crippen LogP contribution >= 0.6 is 0 Å². The quantitative estimate of drug-likeness (QED) is 0.870. The van der Waals surface area contributed by atoms with Gasteiger partial charge in [-0.15, -0.1) is 0 Å². The first-order valence-corrected chi connectivity index (χ1v) is 5.43. The maximum absolute atomic E-state index is 13.0. The maximum atomic E-state index is 13.0. The van der Waals surface area contributed by atoms with Crippen molar-refractivity contribution < 1.29 is 9.18 Å². The van der Waals surface area contributed by atoms with Crippen LogP contribution in [0.3, 0.4) is 0 Å². The largest absolute Gasteiger partial charge is 0.382 e. The summed E-state index contributed by atoms with van der Waals surface area (Å²) in [4.78, 5) is 11.9. The van der Waals surface area contributed by atoms with E-state index >= 15 is 0 Å². The molecule has 0 saturated carbocycles. The summed E-state index contributed by atoms with van der Waals surface area (Å²) < 4.78 is 14.4. The van der Waals surface area contributed by atoms with Crippen LogP contribution in [-0.2, 0) is 4.79 Å². The van der Waals surface area contributed by atoms with Crippen molar-refractivity contribution in [2.24, 2.45) is 0 Å². The summed E-state index contributed by atoms with van der Waals surface area (Å²) >= 11 is 0. The minimum atomic E-state index is -0.523. The van der Waals surface area contributed by atoms with Gasteiger partial charge in [0, 0.05) is 11.9 Å². The van der Waals surface area contributed by atoms with Gasteiger partial charge in [-0.05, 0) is 31.2 Å². The highest BCUT2D eigenvalue weighted by molar-refractivity contribution is 5.93. The first-order valence-electron chi connectivity index (χ1n) is 5.43. The Morgan fingerprint density at radius 1 is 1.50 bits per heavy atom. The lowest BCUT2D eigenvalue weighted by Crippen LogP contribution is -2.24. The average Bonchev–Trinajstić information content (AvgIpc) is 2.75. The molecule has 0 radical (unpaired) electrons. The molecule has 18 heavy (non-hydrogen) atoms. The molecule has 1 atom stereocenters. The Bertz CT molecular complexity index is 567. The van der Waals surface area contributed by atoms with Crippen molar-refractivity contribution in [3.63, 3.8) is 0 Å². The van der Waals surface area contributed by atoms with E-state index in [0.29, 0.717) is 11.5 Å². The molecule has 0 aliphatic rings. The van der Waals surface area contributed by atoms with Gasteiger partial charge in [0.1, 0.15) is 17.7 Å². The number of halogens is 1. The molecule has 1 aromatic heterocycles. The molecule has 0 aliphatic carbocycles. The number of nitrogen functional groups attached to an aromatic ring is 1. The van der Waals surface area contributed by atoms with Gasteiger partial charge in [0.15, 0.2) is 0 Å². The first kappa shape index (κ1) is 12.1. The van der Waals surface area contributed by atoms with Crippen LogP contribution in [0.25, 0.3) is 0 Å². The van der Waals surface area contributed by atoms with Crippen molar-refractivity contribution in [2.45, 2.75) is 13.0 Å². The standard InChI is InChI=1S/C12H13FN4O/c1-8(17-6-5-11(14)16-17)12(18)15-10-4-2-3-9(13)7-10/h2-8H,1H3,(H2,14,16)(H,15,18). The molecular formula is C12H13FN4O. The lowest BCUT2D eigenvalue weighted by atomic mass is 10.2. The molecule has 1 unspecified atom stereocenters. The monoisotopic (exact) mass is 248 g/mol. The molecule has 0 aliphatic heterocycles. The van der Waals surface area contributed by atoms with E-state index in [1.54, 1.807) is 25.3 Å². The lowest BCUT2D eigenvalue weighted by Gasteiger charge is -2.12. The molecule has 1 aromatic carbocycles. The number of carbonyl (C=O) groups excluding carboxylic acids is 1. The lowest BCUT2D eigenvalue weighted by molar-refractivity contribution is -0.119. The second kappa shape index (κ2) is 4.87. The summed E-state index contributed by atoms with van der Waals surface area (Å²) in [5.74, 6) is -0.340. The van der Waals surface area contributed by atoms with Crippen molar-refractivity contribution in [3.05, 3.63) is 42.3 Å². The van der Waals surface area contributed by atoms with Gasteiger partial charge >= 0.3 is 0 Å². The number of nitrogens with two attached hydrogens (primary N) is 1. The molecule has 2 rings (SSSR count). The summed E-state index contributed by atoms with van der Waals surface area (Å²) in [6, 6.07) is 6.79. The van der Waals surface area contributed by atoms with Crippen LogP contribution < -0.4 is 11.1 Å². The Hall–Kier alpha value is -2.37. The predicted octanol–water partition coefficient (Wildman–Crippen LogP) is 1.80. The Morgan fingerprint density at radius 2 is 2.28 bits per heavy atom. The first-order chi connectivity index (χ1) is 8.56. The molecule has 3 N–H and O–H groups in total. The number of nitrogens with zero attached hydrogens (tertiary/aromatic N) is 2. The third-order valence-electron chi connectivity index (χ3n) is 2.50. The van der Waals surface area contributed by atoms with E-state index in [1.807, 2.05) is 0 Å². The summed E-state index contributed by atoms with van der Waals surface area (Å²) in [6.45, 7) is 1.68. The van der Waals surface area contributed by atoms with E-state index in [2.05, 4.69) is 10.4 Å². The number of anilines is 2. The number of benzene rings is 1. The van der Waals surface area contributed by atoms with Crippen molar-refractivity contribution in [1.29, 1.82) is 0 Å². The Balaban J connectivity index is 2.08. The van der Waals surface area contributed by atoms with Gasteiger partial charge in [0.05, 0.1) is 0 Å². The topological polar surface area (TPSA) is 72.9 Å². The molecule has 0 bridgehead atoms. The van der Waals surface area contributed by atoms with Gasteiger partial charge in [-0.1, -0.05) is 6.07 Å². The maximum Gasteiger partial charge on any atom is 0.248 e. The van der Waals surface area contributed by atoms with E-state index in [1.165, 1.54) is 22.9 Å². The smallest absolute Gasteiger partial charge is 0.248 e. The molecule has 2 aromatic rings. The molecule has 1 amide bonds. The SMILES string of the molecule is CC(C(=O)Nc1cccc(F)c1)n1ccc(N)n1. The highest BCUT2D eigenvalue weighted by Crippen LogP contribution is 2.13. The Morgan fingerprint density at radius 3 is 2.89 bits per heavy atom. The second-order valence-electron chi connectivity index (χ2n) is 3.90. The van der Waals surface area contributed by atoms with E-state index in [-0.39, 0.29) is 5.91 Å². The summed E-state index contributed by atoms with van der Waals surface area (Å²) in [5, 5.41) is 6.56. The predicted molar refractivity (Wildman–Crippen MR) is 66.4 cm³/mol. The fraction of sp³-hybridized carbons (Fsp3) is 0.167. The van der Waals surface area contributed by atoms with E-state index in [0.717, 1.165) is 0 Å². The van der Waals surface area contributed by atoms with Crippen molar-refractivity contribution >= 4 is 17.4 Å². The highest BCUT2D eigenvalue weighted by atomic mass is 19.1. The number of carbonyl (C=O) groups is 1. The van der Waals surface area contributed by atoms with Gasteiger partial charge in [-0.25, -0.2) is 4.39 Å². The van der Waals surface area contributed by atoms with Crippen LogP contribution in [0.4, 0.5) is 15.9 Å². The Kier molecular flexibility index (Phi) is 3.27. The number of hydrogen-bond acceptors (Lipinski definition) is 3. The third kappa shape index (κ3) is 2.65. The highest BCUT2D eigenvalue weighted by Gasteiger charge is 2.15. The third-order valence-corrected chi connectivity index (χ3v) is 2.50. The molecule has 94 valence electrons. The zero-order valence-corrected chi connectivity index (χ0v) is 9.80. The fourth-order valence-electron chi connectivity index (χ4n) is 1.50. The van der Waals surface area contributed by atoms with Gasteiger partial charge in [0.25, 0.3) is 0 Å². The zero-order chi connectivity index (χ0) is 13.1. The van der Waals surface area contributed by atoms with Gasteiger partial charge in [-0.3, -0.25) is 9.48 Å². The van der Waals surface area contributed by atoms with Crippen molar-refractivity contribution in [3.8, 4) is 0 Å². The number of amides is 1. The van der Waals surface area contributed by atoms with E-state index in [9.17, 15) is 9.18 Å². The van der Waals surface area contributed by atoms with Crippen LogP contribution in [0.2, 0.25) is 0 Å². The molecule has 0 saturated heterocycles. The van der Waals surface area contributed by atoms with Crippen LogP contribution in [-0.4, -0.2) is 15.7 Å². The Labute approximate surface area is 103 Å². The summed E-state index contributed by atoms with van der Waals surface area (Å²) in [7, 11) is 0. The zero-order valence-electron chi connectivity index (χ0n) is 9.80. The summed E-state index contributed by atoms with van der Waals surface area (Å²) in [6.07, 6.45) is 1.62. The summed E-state index contributed by atoms with van der Waals surface area (Å²) in [5.41, 5.74) is 5.88. The molecule has 1 heterocycles. The van der Waals surface area contributed by atoms with Crippen LogP contribution in [0.15, 0.2) is 36.5 Å². The second-order valence-corrected chi connectivity index (χ2v) is 3.90. The minimum absolute atomic E-state index is 0.288. The van der Waals surface area contributed by atoms with Crippen molar-refractivity contribution in [1.82, 2.24) is 9.78 Å². The van der Waals surface area contributed by atoms with Crippen LogP contribution in [0.1, 0.15) is 13.0 Å². The van der Waals surface area contributed by atoms with E-state index < -0.39 is 11.9 Å². The molecule has 5 nitrogen and oxygen atoms in total. The van der Waals surface area contributed by atoms with Crippen molar-refractivity contribution in [2.75, 3.05) is 11.1 Å². The number of nitrogens with one attached hydrogen (secondary N) is 1. The normalized spacial score (nSPS) is 12.1. The fourth-order valence-corrected chi connectivity index (χ4v) is 1.50. The van der Waals surface area contributed by atoms with Gasteiger partial charge < -0.3 is 11.1 Å². The van der Waals surface area contributed by atoms with Gasteiger partial charge in [-0.2, -0.15) is 5.10 Å². The van der Waals surface area contributed by atoms with E-state index in [4.69, 9.17) is 5.73 Å².